The molecule has 1 unspecified atom stereocenters. The third kappa shape index (κ3) is 4.42. The minimum atomic E-state index is -0.0271. The molecule has 1 amide bonds. The highest BCUT2D eigenvalue weighted by atomic mass is 32.2. The van der Waals surface area contributed by atoms with E-state index in [1.54, 1.807) is 11.8 Å². The molecule has 1 atom stereocenters. The second-order valence-corrected chi connectivity index (χ2v) is 5.98. The molecule has 0 heterocycles. The lowest BCUT2D eigenvalue weighted by molar-refractivity contribution is -0.118. The van der Waals surface area contributed by atoms with Crippen molar-refractivity contribution < 1.29 is 4.79 Å². The summed E-state index contributed by atoms with van der Waals surface area (Å²) >= 11 is 1.71. The molecule has 2 rings (SSSR count). The maximum absolute atomic E-state index is 12.1. The molecule has 0 saturated heterocycles. The minimum absolute atomic E-state index is 0.0271. The summed E-state index contributed by atoms with van der Waals surface area (Å²) in [6.45, 7) is 3.98. The predicted molar refractivity (Wildman–Crippen MR) is 86.1 cm³/mol. The van der Waals surface area contributed by atoms with E-state index in [4.69, 9.17) is 0 Å². The molecule has 0 aliphatic heterocycles. The predicted octanol–water partition coefficient (Wildman–Crippen LogP) is 4.36. The van der Waals surface area contributed by atoms with Crippen LogP contribution < -0.4 is 5.32 Å². The van der Waals surface area contributed by atoms with Gasteiger partial charge in [0.05, 0.1) is 0 Å². The Morgan fingerprint density at radius 2 is 1.90 bits per heavy atom. The number of thioether (sulfide) groups is 1. The van der Waals surface area contributed by atoms with Crippen LogP contribution in [0.4, 0.5) is 5.69 Å². The van der Waals surface area contributed by atoms with E-state index in [0.717, 1.165) is 17.0 Å². The quantitative estimate of drug-likeness (QED) is 0.827. The highest BCUT2D eigenvalue weighted by Crippen LogP contribution is 2.21. The van der Waals surface area contributed by atoms with Crippen molar-refractivity contribution in [2.24, 2.45) is 5.92 Å². The summed E-state index contributed by atoms with van der Waals surface area (Å²) in [7, 11) is 0. The third-order valence-corrected chi connectivity index (χ3v) is 4.25. The molecule has 3 heteroatoms. The van der Waals surface area contributed by atoms with Gasteiger partial charge in [0.1, 0.15) is 0 Å². The first kappa shape index (κ1) is 14.7. The van der Waals surface area contributed by atoms with Crippen LogP contribution in [0, 0.1) is 12.8 Å². The number of hydrogen-bond acceptors (Lipinski definition) is 2. The summed E-state index contributed by atoms with van der Waals surface area (Å²) in [4.78, 5) is 13.3. The number of carbonyl (C=O) groups excluding carboxylic acids is 1. The summed E-state index contributed by atoms with van der Waals surface area (Å²) < 4.78 is 0. The Labute approximate surface area is 124 Å². The van der Waals surface area contributed by atoms with E-state index < -0.39 is 0 Å². The van der Waals surface area contributed by atoms with Crippen molar-refractivity contribution in [3.05, 3.63) is 60.2 Å². The molecule has 0 saturated carbocycles. The van der Waals surface area contributed by atoms with Crippen molar-refractivity contribution in [2.45, 2.75) is 18.7 Å². The lowest BCUT2D eigenvalue weighted by atomic mass is 10.2. The van der Waals surface area contributed by atoms with Gasteiger partial charge in [-0.3, -0.25) is 4.79 Å². The standard InChI is InChI=1S/C17H19NOS/c1-13-7-6-8-15(11-13)18-17(19)14(2)12-20-16-9-4-3-5-10-16/h3-11,14H,12H2,1-2H3,(H,18,19). The zero-order chi connectivity index (χ0) is 14.4. The van der Waals surface area contributed by atoms with Gasteiger partial charge in [0.2, 0.25) is 5.91 Å². The van der Waals surface area contributed by atoms with Gasteiger partial charge in [0.25, 0.3) is 0 Å². The number of nitrogens with one attached hydrogen (secondary N) is 1. The maximum Gasteiger partial charge on any atom is 0.228 e. The molecular weight excluding hydrogens is 266 g/mol. The number of carbonyl (C=O) groups is 1. The van der Waals surface area contributed by atoms with Gasteiger partial charge in [0.15, 0.2) is 0 Å². The molecule has 0 aliphatic rings. The summed E-state index contributed by atoms with van der Waals surface area (Å²) in [6, 6.07) is 18.0. The van der Waals surface area contributed by atoms with Crippen LogP contribution in [0.25, 0.3) is 0 Å². The third-order valence-electron chi connectivity index (χ3n) is 2.98. The van der Waals surface area contributed by atoms with Gasteiger partial charge < -0.3 is 5.32 Å². The van der Waals surface area contributed by atoms with Crippen LogP contribution >= 0.6 is 11.8 Å². The molecule has 0 aliphatic carbocycles. The lowest BCUT2D eigenvalue weighted by Gasteiger charge is -2.12. The van der Waals surface area contributed by atoms with Crippen LogP contribution in [-0.4, -0.2) is 11.7 Å². The zero-order valence-corrected chi connectivity index (χ0v) is 12.6. The molecule has 2 nitrogen and oxygen atoms in total. The molecule has 0 bridgehead atoms. The number of anilines is 1. The molecule has 1 N–H and O–H groups in total. The maximum atomic E-state index is 12.1. The molecule has 0 radical (unpaired) electrons. The SMILES string of the molecule is Cc1cccc(NC(=O)C(C)CSc2ccccc2)c1. The number of hydrogen-bond donors (Lipinski definition) is 1. The first-order valence-corrected chi connectivity index (χ1v) is 7.69. The van der Waals surface area contributed by atoms with E-state index in [1.807, 2.05) is 56.3 Å². The normalized spacial score (nSPS) is 11.9. The van der Waals surface area contributed by atoms with E-state index in [0.29, 0.717) is 0 Å². The average Bonchev–Trinajstić information content (AvgIpc) is 2.46. The smallest absolute Gasteiger partial charge is 0.228 e. The average molecular weight is 285 g/mol. The van der Waals surface area contributed by atoms with Gasteiger partial charge in [-0.05, 0) is 36.8 Å². The Kier molecular flexibility index (Phi) is 5.24. The van der Waals surface area contributed by atoms with Crippen LogP contribution in [0.15, 0.2) is 59.5 Å². The molecule has 2 aromatic carbocycles. The Hall–Kier alpha value is -1.74. The fourth-order valence-corrected chi connectivity index (χ4v) is 2.75. The van der Waals surface area contributed by atoms with Crippen molar-refractivity contribution >= 4 is 23.4 Å². The van der Waals surface area contributed by atoms with Crippen molar-refractivity contribution in [1.29, 1.82) is 0 Å². The second-order valence-electron chi connectivity index (χ2n) is 4.88. The number of amides is 1. The Morgan fingerprint density at radius 1 is 1.15 bits per heavy atom. The highest BCUT2D eigenvalue weighted by molar-refractivity contribution is 7.99. The summed E-state index contributed by atoms with van der Waals surface area (Å²) in [5.41, 5.74) is 2.01. The van der Waals surface area contributed by atoms with Crippen LogP contribution in [-0.2, 0) is 4.79 Å². The molecule has 104 valence electrons. The first-order chi connectivity index (χ1) is 9.65. The van der Waals surface area contributed by atoms with Gasteiger partial charge in [-0.2, -0.15) is 0 Å². The molecule has 0 aromatic heterocycles. The zero-order valence-electron chi connectivity index (χ0n) is 11.8. The van der Waals surface area contributed by atoms with Crippen molar-refractivity contribution in [1.82, 2.24) is 0 Å². The van der Waals surface area contributed by atoms with Crippen LogP contribution in [0.1, 0.15) is 12.5 Å². The Balaban J connectivity index is 1.86. The van der Waals surface area contributed by atoms with Gasteiger partial charge in [-0.1, -0.05) is 37.3 Å². The molecule has 0 spiro atoms. The number of rotatable bonds is 5. The van der Waals surface area contributed by atoms with Crippen molar-refractivity contribution in [3.8, 4) is 0 Å². The molecule has 20 heavy (non-hydrogen) atoms. The second kappa shape index (κ2) is 7.15. The minimum Gasteiger partial charge on any atom is -0.326 e. The van der Waals surface area contributed by atoms with E-state index in [2.05, 4.69) is 17.4 Å². The fourth-order valence-electron chi connectivity index (χ4n) is 1.80. The lowest BCUT2D eigenvalue weighted by Crippen LogP contribution is -2.22. The van der Waals surface area contributed by atoms with Gasteiger partial charge in [-0.25, -0.2) is 0 Å². The first-order valence-electron chi connectivity index (χ1n) is 6.70. The van der Waals surface area contributed by atoms with Crippen LogP contribution in [0.5, 0.6) is 0 Å². The van der Waals surface area contributed by atoms with Gasteiger partial charge in [0, 0.05) is 22.3 Å². The van der Waals surface area contributed by atoms with E-state index in [1.165, 1.54) is 4.90 Å². The molecule has 0 fully saturated rings. The largest absolute Gasteiger partial charge is 0.326 e. The Morgan fingerprint density at radius 3 is 2.60 bits per heavy atom. The monoisotopic (exact) mass is 285 g/mol. The summed E-state index contributed by atoms with van der Waals surface area (Å²) in [6.07, 6.45) is 0. The topological polar surface area (TPSA) is 29.1 Å². The van der Waals surface area contributed by atoms with E-state index in [-0.39, 0.29) is 11.8 Å². The van der Waals surface area contributed by atoms with Crippen LogP contribution in [0.3, 0.4) is 0 Å². The van der Waals surface area contributed by atoms with E-state index >= 15 is 0 Å². The molecular formula is C17H19NOS. The summed E-state index contributed by atoms with van der Waals surface area (Å²) in [5.74, 6) is 0.821. The number of aryl methyl sites for hydroxylation is 1. The number of benzene rings is 2. The van der Waals surface area contributed by atoms with Crippen molar-refractivity contribution in [3.63, 3.8) is 0 Å². The van der Waals surface area contributed by atoms with E-state index in [9.17, 15) is 4.79 Å². The highest BCUT2D eigenvalue weighted by Gasteiger charge is 2.13. The Bertz CT molecular complexity index is 568. The van der Waals surface area contributed by atoms with Gasteiger partial charge >= 0.3 is 0 Å². The van der Waals surface area contributed by atoms with Crippen LogP contribution in [0.2, 0.25) is 0 Å². The fraction of sp³-hybridized carbons (Fsp3) is 0.235. The summed E-state index contributed by atoms with van der Waals surface area (Å²) in [5, 5.41) is 2.97. The van der Waals surface area contributed by atoms with Gasteiger partial charge in [-0.15, -0.1) is 11.8 Å². The molecule has 2 aromatic rings. The van der Waals surface area contributed by atoms with Crippen molar-refractivity contribution in [2.75, 3.05) is 11.1 Å².